The van der Waals surface area contributed by atoms with Crippen molar-refractivity contribution in [2.45, 2.75) is 32.2 Å². The summed E-state index contributed by atoms with van der Waals surface area (Å²) in [6, 6.07) is 7.16. The number of carboxylic acids is 1. The van der Waals surface area contributed by atoms with Crippen LogP contribution in [0.25, 0.3) is 0 Å². The van der Waals surface area contributed by atoms with Crippen molar-refractivity contribution < 1.29 is 9.90 Å². The molecule has 96 valence electrons. The second-order valence-electron chi connectivity index (χ2n) is 4.64. The molecule has 0 fully saturated rings. The molecular formula is C15H19NO2. The Bertz CT molecular complexity index is 452. The average molecular weight is 245 g/mol. The largest absolute Gasteiger partial charge is 0.478 e. The molecule has 0 heterocycles. The first kappa shape index (κ1) is 12.8. The van der Waals surface area contributed by atoms with Crippen LogP contribution in [0.4, 0.5) is 0 Å². The Morgan fingerprint density at radius 2 is 2.17 bits per heavy atom. The minimum absolute atomic E-state index is 0.394. The summed E-state index contributed by atoms with van der Waals surface area (Å²) in [5, 5.41) is 12.4. The summed E-state index contributed by atoms with van der Waals surface area (Å²) >= 11 is 0. The molecule has 0 bridgehead atoms. The molecule has 0 saturated carbocycles. The lowest BCUT2D eigenvalue weighted by atomic mass is 10.1. The summed E-state index contributed by atoms with van der Waals surface area (Å²) in [7, 11) is 0. The van der Waals surface area contributed by atoms with Gasteiger partial charge in [0.05, 0.1) is 5.56 Å². The van der Waals surface area contributed by atoms with Gasteiger partial charge in [-0.3, -0.25) is 0 Å². The van der Waals surface area contributed by atoms with E-state index in [0.29, 0.717) is 12.1 Å². The van der Waals surface area contributed by atoms with Gasteiger partial charge in [-0.25, -0.2) is 4.79 Å². The molecule has 3 nitrogen and oxygen atoms in total. The van der Waals surface area contributed by atoms with E-state index in [4.69, 9.17) is 5.11 Å². The molecule has 0 spiro atoms. The third kappa shape index (κ3) is 3.44. The first-order chi connectivity index (χ1) is 8.77. The summed E-state index contributed by atoms with van der Waals surface area (Å²) in [6.07, 6.45) is 7.14. The van der Waals surface area contributed by atoms with E-state index in [0.717, 1.165) is 18.5 Å². The molecule has 1 aromatic carbocycles. The molecule has 0 unspecified atom stereocenters. The van der Waals surface area contributed by atoms with Gasteiger partial charge in [0.25, 0.3) is 0 Å². The van der Waals surface area contributed by atoms with Gasteiger partial charge < -0.3 is 10.4 Å². The van der Waals surface area contributed by atoms with Crippen LogP contribution in [0, 0.1) is 0 Å². The number of carbonyl (C=O) groups is 1. The van der Waals surface area contributed by atoms with E-state index in [9.17, 15) is 4.79 Å². The van der Waals surface area contributed by atoms with E-state index < -0.39 is 5.97 Å². The molecular weight excluding hydrogens is 226 g/mol. The lowest BCUT2D eigenvalue weighted by Crippen LogP contribution is -2.17. The minimum Gasteiger partial charge on any atom is -0.478 e. The molecule has 0 atom stereocenters. The number of allylic oxidation sites excluding steroid dienone is 1. The van der Waals surface area contributed by atoms with Crippen molar-refractivity contribution in [1.82, 2.24) is 5.32 Å². The number of hydrogen-bond donors (Lipinski definition) is 2. The first-order valence-electron chi connectivity index (χ1n) is 6.47. The number of benzene rings is 1. The normalized spacial score (nSPS) is 14.6. The van der Waals surface area contributed by atoms with Crippen molar-refractivity contribution in [2.75, 3.05) is 6.54 Å². The van der Waals surface area contributed by atoms with E-state index in [1.807, 2.05) is 12.1 Å². The molecule has 0 aliphatic heterocycles. The molecule has 2 rings (SSSR count). The van der Waals surface area contributed by atoms with Gasteiger partial charge >= 0.3 is 5.97 Å². The molecule has 0 amide bonds. The second-order valence-corrected chi connectivity index (χ2v) is 4.64. The summed E-state index contributed by atoms with van der Waals surface area (Å²) < 4.78 is 0. The van der Waals surface area contributed by atoms with Crippen LogP contribution in [0.2, 0.25) is 0 Å². The molecule has 0 aromatic heterocycles. The van der Waals surface area contributed by atoms with Crippen molar-refractivity contribution in [2.24, 2.45) is 0 Å². The van der Waals surface area contributed by atoms with E-state index in [1.165, 1.54) is 24.8 Å². The predicted molar refractivity (Wildman–Crippen MR) is 71.7 cm³/mol. The van der Waals surface area contributed by atoms with Crippen LogP contribution in [-0.2, 0) is 6.54 Å². The van der Waals surface area contributed by atoms with Crippen molar-refractivity contribution in [3.05, 3.63) is 47.0 Å². The van der Waals surface area contributed by atoms with E-state index in [1.54, 1.807) is 12.1 Å². The van der Waals surface area contributed by atoms with Crippen LogP contribution in [0.3, 0.4) is 0 Å². The second kappa shape index (κ2) is 6.36. The molecule has 3 heteroatoms. The Balaban J connectivity index is 1.81. The molecule has 18 heavy (non-hydrogen) atoms. The summed E-state index contributed by atoms with van der Waals surface area (Å²) in [4.78, 5) is 11.0. The van der Waals surface area contributed by atoms with Crippen molar-refractivity contribution in [3.63, 3.8) is 0 Å². The van der Waals surface area contributed by atoms with Gasteiger partial charge in [-0.05, 0) is 43.9 Å². The summed E-state index contributed by atoms with van der Waals surface area (Å²) in [6.45, 7) is 1.54. The Morgan fingerprint density at radius 3 is 2.89 bits per heavy atom. The summed E-state index contributed by atoms with van der Waals surface area (Å²) in [5.74, 6) is -0.856. The summed E-state index contributed by atoms with van der Waals surface area (Å²) in [5.41, 5.74) is 2.78. The monoisotopic (exact) mass is 245 g/mol. The van der Waals surface area contributed by atoms with Crippen LogP contribution in [0.15, 0.2) is 35.9 Å². The SMILES string of the molecule is O=C(O)c1ccccc1CNCCC1=CCCC1. The molecule has 2 N–H and O–H groups in total. The molecule has 1 aromatic rings. The number of carboxylic acid groups (broad SMARTS) is 1. The first-order valence-corrected chi connectivity index (χ1v) is 6.47. The van der Waals surface area contributed by atoms with Crippen LogP contribution in [0.5, 0.6) is 0 Å². The maximum atomic E-state index is 11.0. The maximum Gasteiger partial charge on any atom is 0.336 e. The standard InChI is InChI=1S/C15H19NO2/c17-15(18)14-8-4-3-7-13(14)11-16-10-9-12-5-1-2-6-12/h3-5,7-8,16H,1-2,6,9-11H2,(H,17,18). The Kier molecular flexibility index (Phi) is 4.53. The lowest BCUT2D eigenvalue weighted by Gasteiger charge is -2.08. The minimum atomic E-state index is -0.856. The zero-order valence-corrected chi connectivity index (χ0v) is 10.5. The van der Waals surface area contributed by atoms with Gasteiger partial charge in [0.1, 0.15) is 0 Å². The third-order valence-electron chi connectivity index (χ3n) is 3.32. The van der Waals surface area contributed by atoms with E-state index in [2.05, 4.69) is 11.4 Å². The highest BCUT2D eigenvalue weighted by Gasteiger charge is 2.08. The molecule has 1 aliphatic carbocycles. The quantitative estimate of drug-likeness (QED) is 0.598. The predicted octanol–water partition coefficient (Wildman–Crippen LogP) is 2.97. The fraction of sp³-hybridized carbons (Fsp3) is 0.400. The van der Waals surface area contributed by atoms with Gasteiger partial charge in [-0.1, -0.05) is 29.8 Å². The van der Waals surface area contributed by atoms with Crippen LogP contribution >= 0.6 is 0 Å². The smallest absolute Gasteiger partial charge is 0.336 e. The topological polar surface area (TPSA) is 49.3 Å². The van der Waals surface area contributed by atoms with Gasteiger partial charge in [-0.2, -0.15) is 0 Å². The molecule has 0 radical (unpaired) electrons. The number of rotatable bonds is 6. The van der Waals surface area contributed by atoms with Gasteiger partial charge in [0, 0.05) is 6.54 Å². The van der Waals surface area contributed by atoms with Crippen molar-refractivity contribution >= 4 is 5.97 Å². The van der Waals surface area contributed by atoms with Gasteiger partial charge in [0.15, 0.2) is 0 Å². The zero-order valence-electron chi connectivity index (χ0n) is 10.5. The average Bonchev–Trinajstić information content (AvgIpc) is 2.88. The lowest BCUT2D eigenvalue weighted by molar-refractivity contribution is 0.0695. The fourth-order valence-corrected chi connectivity index (χ4v) is 2.32. The van der Waals surface area contributed by atoms with E-state index in [-0.39, 0.29) is 0 Å². The molecule has 0 saturated heterocycles. The van der Waals surface area contributed by atoms with Crippen molar-refractivity contribution in [1.29, 1.82) is 0 Å². The fourth-order valence-electron chi connectivity index (χ4n) is 2.32. The third-order valence-corrected chi connectivity index (χ3v) is 3.32. The molecule has 1 aliphatic rings. The van der Waals surface area contributed by atoms with Gasteiger partial charge in [-0.15, -0.1) is 0 Å². The van der Waals surface area contributed by atoms with E-state index >= 15 is 0 Å². The van der Waals surface area contributed by atoms with Crippen molar-refractivity contribution in [3.8, 4) is 0 Å². The number of hydrogen-bond acceptors (Lipinski definition) is 2. The van der Waals surface area contributed by atoms with Gasteiger partial charge in [0.2, 0.25) is 0 Å². The van der Waals surface area contributed by atoms with Crippen LogP contribution in [-0.4, -0.2) is 17.6 Å². The Labute approximate surface area is 108 Å². The van der Waals surface area contributed by atoms with Crippen LogP contribution in [0.1, 0.15) is 41.6 Å². The Morgan fingerprint density at radius 1 is 1.33 bits per heavy atom. The highest BCUT2D eigenvalue weighted by atomic mass is 16.4. The number of nitrogens with one attached hydrogen (secondary N) is 1. The van der Waals surface area contributed by atoms with Crippen LogP contribution < -0.4 is 5.32 Å². The zero-order chi connectivity index (χ0) is 12.8. The maximum absolute atomic E-state index is 11.0. The Hall–Kier alpha value is -1.61. The highest BCUT2D eigenvalue weighted by molar-refractivity contribution is 5.89. The number of aromatic carboxylic acids is 1. The highest BCUT2D eigenvalue weighted by Crippen LogP contribution is 2.19.